The second-order valence-electron chi connectivity index (χ2n) is 5.60. The van der Waals surface area contributed by atoms with E-state index < -0.39 is 0 Å². The smallest absolute Gasteiger partial charge is 0.142 e. The first-order chi connectivity index (χ1) is 8.06. The molecule has 2 rings (SSSR count). The van der Waals surface area contributed by atoms with Gasteiger partial charge in [-0.3, -0.25) is 0 Å². The molecule has 3 nitrogen and oxygen atoms in total. The summed E-state index contributed by atoms with van der Waals surface area (Å²) in [6, 6.07) is 2.86. The van der Waals surface area contributed by atoms with E-state index in [1.807, 2.05) is 0 Å². The van der Waals surface area contributed by atoms with Crippen molar-refractivity contribution in [3.05, 3.63) is 23.3 Å². The second-order valence-corrected chi connectivity index (χ2v) is 5.60. The molecule has 1 fully saturated rings. The minimum absolute atomic E-state index is 0.468. The van der Waals surface area contributed by atoms with Gasteiger partial charge in [0.1, 0.15) is 5.82 Å². The van der Waals surface area contributed by atoms with Gasteiger partial charge in [-0.2, -0.15) is 0 Å². The largest absolute Gasteiger partial charge is 0.307 e. The summed E-state index contributed by atoms with van der Waals surface area (Å²) in [7, 11) is 0. The normalized spacial score (nSPS) is 15.9. The molecule has 0 bridgehead atoms. The van der Waals surface area contributed by atoms with Crippen LogP contribution in [0, 0.1) is 0 Å². The van der Waals surface area contributed by atoms with Crippen LogP contribution in [0.4, 0.5) is 0 Å². The van der Waals surface area contributed by atoms with Crippen LogP contribution in [0.15, 0.2) is 6.07 Å². The van der Waals surface area contributed by atoms with Gasteiger partial charge in [-0.1, -0.05) is 27.7 Å². The molecule has 0 amide bonds. The predicted octanol–water partition coefficient (Wildman–Crippen LogP) is 2.98. The Labute approximate surface area is 104 Å². The molecular weight excluding hydrogens is 210 g/mol. The first-order valence-corrected chi connectivity index (χ1v) is 6.67. The first-order valence-electron chi connectivity index (χ1n) is 6.67. The molecule has 17 heavy (non-hydrogen) atoms. The summed E-state index contributed by atoms with van der Waals surface area (Å²) in [5.74, 6) is 1.89. The van der Waals surface area contributed by atoms with E-state index in [0.29, 0.717) is 17.9 Å². The van der Waals surface area contributed by atoms with Crippen LogP contribution in [0.3, 0.4) is 0 Å². The number of hydrogen-bond donors (Lipinski definition) is 1. The lowest BCUT2D eigenvalue weighted by atomic mass is 10.0. The minimum atomic E-state index is 0.468. The highest BCUT2D eigenvalue weighted by atomic mass is 15.0. The molecule has 1 N–H and O–H groups in total. The SMILES string of the molecule is CC(C)c1cc(C(C)C)nc(CNC2CC2)n1. The first kappa shape index (κ1) is 12.5. The minimum Gasteiger partial charge on any atom is -0.307 e. The monoisotopic (exact) mass is 233 g/mol. The Bertz CT molecular complexity index is 355. The number of nitrogens with zero attached hydrogens (tertiary/aromatic N) is 2. The number of aromatic nitrogens is 2. The summed E-state index contributed by atoms with van der Waals surface area (Å²) >= 11 is 0. The second kappa shape index (κ2) is 5.13. The number of nitrogens with one attached hydrogen (secondary N) is 1. The van der Waals surface area contributed by atoms with Gasteiger partial charge in [-0.05, 0) is 30.7 Å². The van der Waals surface area contributed by atoms with E-state index in [0.717, 1.165) is 23.8 Å². The van der Waals surface area contributed by atoms with E-state index >= 15 is 0 Å². The molecule has 1 aromatic heterocycles. The highest BCUT2D eigenvalue weighted by molar-refractivity contribution is 5.17. The van der Waals surface area contributed by atoms with Crippen molar-refractivity contribution in [2.24, 2.45) is 0 Å². The number of hydrogen-bond acceptors (Lipinski definition) is 3. The molecule has 3 heteroatoms. The third kappa shape index (κ3) is 3.50. The van der Waals surface area contributed by atoms with Crippen molar-refractivity contribution >= 4 is 0 Å². The van der Waals surface area contributed by atoms with Crippen LogP contribution in [0.5, 0.6) is 0 Å². The predicted molar refractivity (Wildman–Crippen MR) is 70.1 cm³/mol. The fourth-order valence-corrected chi connectivity index (χ4v) is 1.73. The Morgan fingerprint density at radius 1 is 1.12 bits per heavy atom. The Hall–Kier alpha value is -0.960. The van der Waals surface area contributed by atoms with Gasteiger partial charge < -0.3 is 5.32 Å². The van der Waals surface area contributed by atoms with Crippen molar-refractivity contribution in [2.45, 2.75) is 65.0 Å². The van der Waals surface area contributed by atoms with Gasteiger partial charge in [0, 0.05) is 17.4 Å². The summed E-state index contributed by atoms with van der Waals surface area (Å²) in [5, 5.41) is 3.48. The Balaban J connectivity index is 2.16. The van der Waals surface area contributed by atoms with Gasteiger partial charge in [-0.15, -0.1) is 0 Å². The van der Waals surface area contributed by atoms with Crippen LogP contribution in [0.25, 0.3) is 0 Å². The molecule has 0 unspecified atom stereocenters. The molecule has 1 heterocycles. The molecule has 1 aliphatic carbocycles. The highest BCUT2D eigenvalue weighted by Gasteiger charge is 2.20. The molecule has 1 saturated carbocycles. The van der Waals surface area contributed by atoms with Crippen LogP contribution in [0.1, 0.15) is 69.6 Å². The molecular formula is C14H23N3. The van der Waals surface area contributed by atoms with Crippen molar-refractivity contribution in [2.75, 3.05) is 0 Å². The maximum atomic E-state index is 4.64. The van der Waals surface area contributed by atoms with Crippen LogP contribution < -0.4 is 5.32 Å². The van der Waals surface area contributed by atoms with Crippen LogP contribution in [-0.4, -0.2) is 16.0 Å². The Morgan fingerprint density at radius 3 is 2.06 bits per heavy atom. The van der Waals surface area contributed by atoms with Crippen molar-refractivity contribution in [3.63, 3.8) is 0 Å². The van der Waals surface area contributed by atoms with E-state index in [2.05, 4.69) is 49.0 Å². The van der Waals surface area contributed by atoms with Gasteiger partial charge in [0.15, 0.2) is 0 Å². The van der Waals surface area contributed by atoms with Gasteiger partial charge >= 0.3 is 0 Å². The highest BCUT2D eigenvalue weighted by Crippen LogP contribution is 2.20. The van der Waals surface area contributed by atoms with Gasteiger partial charge in [0.25, 0.3) is 0 Å². The zero-order chi connectivity index (χ0) is 12.4. The zero-order valence-electron chi connectivity index (χ0n) is 11.3. The molecule has 94 valence electrons. The third-order valence-corrected chi connectivity index (χ3v) is 3.12. The Morgan fingerprint density at radius 2 is 1.65 bits per heavy atom. The Kier molecular flexibility index (Phi) is 3.77. The van der Waals surface area contributed by atoms with E-state index in [9.17, 15) is 0 Å². The van der Waals surface area contributed by atoms with Crippen LogP contribution in [-0.2, 0) is 6.54 Å². The fraction of sp³-hybridized carbons (Fsp3) is 0.714. The van der Waals surface area contributed by atoms with Gasteiger partial charge in [-0.25, -0.2) is 9.97 Å². The molecule has 0 aliphatic heterocycles. The summed E-state index contributed by atoms with van der Waals surface area (Å²) in [6.07, 6.45) is 2.61. The lowest BCUT2D eigenvalue weighted by molar-refractivity contribution is 0.637. The van der Waals surface area contributed by atoms with Crippen molar-refractivity contribution in [1.29, 1.82) is 0 Å². The van der Waals surface area contributed by atoms with E-state index in [1.54, 1.807) is 0 Å². The van der Waals surface area contributed by atoms with Crippen molar-refractivity contribution in [1.82, 2.24) is 15.3 Å². The van der Waals surface area contributed by atoms with Crippen LogP contribution >= 0.6 is 0 Å². The van der Waals surface area contributed by atoms with Crippen LogP contribution in [0.2, 0.25) is 0 Å². The summed E-state index contributed by atoms with van der Waals surface area (Å²) in [4.78, 5) is 9.28. The third-order valence-electron chi connectivity index (χ3n) is 3.12. The summed E-state index contributed by atoms with van der Waals surface area (Å²) < 4.78 is 0. The quantitative estimate of drug-likeness (QED) is 0.849. The molecule has 1 aliphatic rings. The topological polar surface area (TPSA) is 37.8 Å². The zero-order valence-corrected chi connectivity index (χ0v) is 11.3. The lowest BCUT2D eigenvalue weighted by Crippen LogP contribution is -2.19. The molecule has 0 saturated heterocycles. The van der Waals surface area contributed by atoms with Crippen molar-refractivity contribution < 1.29 is 0 Å². The molecule has 1 aromatic rings. The van der Waals surface area contributed by atoms with Gasteiger partial charge in [0.05, 0.1) is 6.54 Å². The van der Waals surface area contributed by atoms with Gasteiger partial charge in [0.2, 0.25) is 0 Å². The number of rotatable bonds is 5. The molecule has 0 radical (unpaired) electrons. The standard InChI is InChI=1S/C14H23N3/c1-9(2)12-7-13(10(3)4)17-14(16-12)8-15-11-5-6-11/h7,9-11,15H,5-6,8H2,1-4H3. The summed E-state index contributed by atoms with van der Waals surface area (Å²) in [5.41, 5.74) is 2.33. The molecule has 0 spiro atoms. The van der Waals surface area contributed by atoms with E-state index in [1.165, 1.54) is 12.8 Å². The molecule has 0 aromatic carbocycles. The maximum absolute atomic E-state index is 4.64. The maximum Gasteiger partial charge on any atom is 0.142 e. The fourth-order valence-electron chi connectivity index (χ4n) is 1.73. The lowest BCUT2D eigenvalue weighted by Gasteiger charge is -2.12. The average molecular weight is 233 g/mol. The van der Waals surface area contributed by atoms with E-state index in [-0.39, 0.29) is 0 Å². The van der Waals surface area contributed by atoms with Crippen molar-refractivity contribution in [3.8, 4) is 0 Å². The average Bonchev–Trinajstić information content (AvgIpc) is 3.09. The molecule has 0 atom stereocenters. The summed E-state index contributed by atoms with van der Waals surface area (Å²) in [6.45, 7) is 9.55. The van der Waals surface area contributed by atoms with E-state index in [4.69, 9.17) is 0 Å².